The Labute approximate surface area is 125 Å². The van der Waals surface area contributed by atoms with E-state index < -0.39 is 0 Å². The van der Waals surface area contributed by atoms with E-state index in [1.54, 1.807) is 18.7 Å². The molecule has 1 atom stereocenters. The highest BCUT2D eigenvalue weighted by Gasteiger charge is 2.07. The third-order valence-electron chi connectivity index (χ3n) is 2.77. The van der Waals surface area contributed by atoms with Gasteiger partial charge < -0.3 is 9.84 Å². The summed E-state index contributed by atoms with van der Waals surface area (Å²) in [4.78, 5) is 12.3. The lowest BCUT2D eigenvalue weighted by Crippen LogP contribution is -2.08. The van der Waals surface area contributed by atoms with Crippen molar-refractivity contribution in [3.05, 3.63) is 42.5 Å². The number of hydrogen-bond donors (Lipinski definition) is 1. The minimum Gasteiger partial charge on any atom is -0.463 e. The maximum atomic E-state index is 11.1. The normalized spacial score (nSPS) is 12.5. The SMILES string of the molecule is CCOC(=O)C=CCCC(CO)CSc1ccccc1. The van der Waals surface area contributed by atoms with Crippen molar-refractivity contribution in [1.82, 2.24) is 0 Å². The van der Waals surface area contributed by atoms with Gasteiger partial charge in [-0.3, -0.25) is 0 Å². The highest BCUT2D eigenvalue weighted by molar-refractivity contribution is 7.99. The molecule has 4 heteroatoms. The number of aliphatic hydroxyl groups is 1. The minimum absolute atomic E-state index is 0.174. The Kier molecular flexibility index (Phi) is 8.83. The van der Waals surface area contributed by atoms with Crippen molar-refractivity contribution in [3.8, 4) is 0 Å². The first-order chi connectivity index (χ1) is 9.76. The maximum absolute atomic E-state index is 11.1. The van der Waals surface area contributed by atoms with Crippen LogP contribution in [0.5, 0.6) is 0 Å². The number of aliphatic hydroxyl groups excluding tert-OH is 1. The highest BCUT2D eigenvalue weighted by atomic mass is 32.2. The summed E-state index contributed by atoms with van der Waals surface area (Å²) in [6, 6.07) is 10.2. The predicted molar refractivity (Wildman–Crippen MR) is 82.7 cm³/mol. The maximum Gasteiger partial charge on any atom is 0.330 e. The molecule has 1 N–H and O–H groups in total. The zero-order chi connectivity index (χ0) is 14.6. The van der Waals surface area contributed by atoms with Gasteiger partial charge in [-0.15, -0.1) is 11.8 Å². The van der Waals surface area contributed by atoms with Crippen LogP contribution in [0.15, 0.2) is 47.4 Å². The molecule has 0 aliphatic heterocycles. The van der Waals surface area contributed by atoms with Gasteiger partial charge in [-0.05, 0) is 37.8 Å². The van der Waals surface area contributed by atoms with Gasteiger partial charge in [0.25, 0.3) is 0 Å². The molecule has 0 amide bonds. The van der Waals surface area contributed by atoms with Crippen molar-refractivity contribution in [2.75, 3.05) is 19.0 Å². The first kappa shape index (κ1) is 16.8. The van der Waals surface area contributed by atoms with Gasteiger partial charge in [0.15, 0.2) is 0 Å². The molecular formula is C16H22O3S. The van der Waals surface area contributed by atoms with E-state index in [9.17, 15) is 9.90 Å². The number of ether oxygens (including phenoxy) is 1. The van der Waals surface area contributed by atoms with Gasteiger partial charge >= 0.3 is 5.97 Å². The van der Waals surface area contributed by atoms with E-state index in [4.69, 9.17) is 4.74 Å². The number of esters is 1. The summed E-state index contributed by atoms with van der Waals surface area (Å²) in [5.41, 5.74) is 0. The summed E-state index contributed by atoms with van der Waals surface area (Å²) >= 11 is 1.75. The number of hydrogen-bond acceptors (Lipinski definition) is 4. The van der Waals surface area contributed by atoms with E-state index in [0.717, 1.165) is 18.6 Å². The van der Waals surface area contributed by atoms with Crippen LogP contribution in [-0.4, -0.2) is 30.0 Å². The summed E-state index contributed by atoms with van der Waals surface area (Å²) in [6.07, 6.45) is 4.92. The van der Waals surface area contributed by atoms with Crippen molar-refractivity contribution >= 4 is 17.7 Å². The van der Waals surface area contributed by atoms with E-state index in [1.165, 1.54) is 11.0 Å². The van der Waals surface area contributed by atoms with Crippen LogP contribution in [0.25, 0.3) is 0 Å². The average molecular weight is 294 g/mol. The van der Waals surface area contributed by atoms with E-state index in [0.29, 0.717) is 6.61 Å². The van der Waals surface area contributed by atoms with Gasteiger partial charge in [0.1, 0.15) is 0 Å². The average Bonchev–Trinajstić information content (AvgIpc) is 2.48. The fourth-order valence-corrected chi connectivity index (χ4v) is 2.71. The first-order valence-electron chi connectivity index (χ1n) is 6.88. The molecule has 1 aromatic rings. The number of rotatable bonds is 9. The van der Waals surface area contributed by atoms with Crippen LogP contribution in [0.4, 0.5) is 0 Å². The molecule has 0 aliphatic rings. The van der Waals surface area contributed by atoms with Crippen molar-refractivity contribution in [2.24, 2.45) is 5.92 Å². The quantitative estimate of drug-likeness (QED) is 0.431. The molecule has 0 fully saturated rings. The number of thioether (sulfide) groups is 1. The lowest BCUT2D eigenvalue weighted by Gasteiger charge is -2.12. The Morgan fingerprint density at radius 1 is 1.40 bits per heavy atom. The molecule has 0 aromatic heterocycles. The largest absolute Gasteiger partial charge is 0.463 e. The van der Waals surface area contributed by atoms with E-state index in [2.05, 4.69) is 12.1 Å². The summed E-state index contributed by atoms with van der Waals surface area (Å²) in [7, 11) is 0. The van der Waals surface area contributed by atoms with E-state index >= 15 is 0 Å². The van der Waals surface area contributed by atoms with Gasteiger partial charge in [0, 0.05) is 23.3 Å². The molecule has 0 aliphatic carbocycles. The van der Waals surface area contributed by atoms with Crippen LogP contribution < -0.4 is 0 Å². The molecule has 3 nitrogen and oxygen atoms in total. The summed E-state index contributed by atoms with van der Waals surface area (Å²) < 4.78 is 4.80. The number of benzene rings is 1. The van der Waals surface area contributed by atoms with Crippen LogP contribution in [-0.2, 0) is 9.53 Å². The van der Waals surface area contributed by atoms with Crippen molar-refractivity contribution < 1.29 is 14.6 Å². The Morgan fingerprint density at radius 2 is 2.15 bits per heavy atom. The third-order valence-corrected chi connectivity index (χ3v) is 4.01. The molecule has 0 saturated carbocycles. The lowest BCUT2D eigenvalue weighted by molar-refractivity contribution is -0.137. The molecule has 0 heterocycles. The molecule has 0 spiro atoms. The van der Waals surface area contributed by atoms with Crippen molar-refractivity contribution in [2.45, 2.75) is 24.7 Å². The second kappa shape index (κ2) is 10.5. The fourth-order valence-electron chi connectivity index (χ4n) is 1.66. The fraction of sp³-hybridized carbons (Fsp3) is 0.438. The van der Waals surface area contributed by atoms with Gasteiger partial charge in [-0.25, -0.2) is 4.79 Å². The molecule has 20 heavy (non-hydrogen) atoms. The van der Waals surface area contributed by atoms with Crippen LogP contribution >= 0.6 is 11.8 Å². The topological polar surface area (TPSA) is 46.5 Å². The molecule has 1 aromatic carbocycles. The Morgan fingerprint density at radius 3 is 2.80 bits per heavy atom. The second-order valence-corrected chi connectivity index (χ2v) is 5.50. The molecule has 0 saturated heterocycles. The van der Waals surface area contributed by atoms with Crippen LogP contribution in [0.1, 0.15) is 19.8 Å². The second-order valence-electron chi connectivity index (χ2n) is 4.40. The van der Waals surface area contributed by atoms with E-state index in [1.807, 2.05) is 24.3 Å². The third kappa shape index (κ3) is 7.36. The monoisotopic (exact) mass is 294 g/mol. The molecule has 110 valence electrons. The highest BCUT2D eigenvalue weighted by Crippen LogP contribution is 2.22. The van der Waals surface area contributed by atoms with Crippen LogP contribution in [0, 0.1) is 5.92 Å². The molecule has 1 unspecified atom stereocenters. The van der Waals surface area contributed by atoms with Gasteiger partial charge in [-0.2, -0.15) is 0 Å². The zero-order valence-electron chi connectivity index (χ0n) is 11.8. The molecule has 0 bridgehead atoms. The smallest absolute Gasteiger partial charge is 0.330 e. The predicted octanol–water partition coefficient (Wildman–Crippen LogP) is 3.29. The van der Waals surface area contributed by atoms with Crippen LogP contribution in [0.3, 0.4) is 0 Å². The first-order valence-corrected chi connectivity index (χ1v) is 7.86. The summed E-state index contributed by atoms with van der Waals surface area (Å²) in [5, 5.41) is 9.37. The van der Waals surface area contributed by atoms with Gasteiger partial charge in [0.2, 0.25) is 0 Å². The summed E-state index contributed by atoms with van der Waals surface area (Å²) in [5.74, 6) is 0.826. The Balaban J connectivity index is 2.24. The Hall–Kier alpha value is -1.26. The number of carbonyl (C=O) groups excluding carboxylic acids is 1. The zero-order valence-corrected chi connectivity index (χ0v) is 12.6. The van der Waals surface area contributed by atoms with E-state index in [-0.39, 0.29) is 18.5 Å². The van der Waals surface area contributed by atoms with Crippen molar-refractivity contribution in [3.63, 3.8) is 0 Å². The Bertz CT molecular complexity index is 403. The number of allylic oxidation sites excluding steroid dienone is 1. The number of carbonyl (C=O) groups is 1. The molecule has 0 radical (unpaired) electrons. The lowest BCUT2D eigenvalue weighted by atomic mass is 10.1. The van der Waals surface area contributed by atoms with Gasteiger partial charge in [0.05, 0.1) is 6.61 Å². The van der Waals surface area contributed by atoms with Crippen LogP contribution in [0.2, 0.25) is 0 Å². The van der Waals surface area contributed by atoms with Crippen molar-refractivity contribution in [1.29, 1.82) is 0 Å². The standard InChI is InChI=1S/C16H22O3S/c1-2-19-16(18)11-7-6-8-14(12-17)13-20-15-9-4-3-5-10-15/h3-5,7,9-11,14,17H,2,6,8,12-13H2,1H3. The summed E-state index contributed by atoms with van der Waals surface area (Å²) in [6.45, 7) is 2.36. The van der Waals surface area contributed by atoms with Gasteiger partial charge in [-0.1, -0.05) is 24.3 Å². The molecular weight excluding hydrogens is 272 g/mol. The minimum atomic E-state index is -0.299. The molecule has 1 rings (SSSR count).